The summed E-state index contributed by atoms with van der Waals surface area (Å²) in [6.45, 7) is 4.34. The zero-order valence-electron chi connectivity index (χ0n) is 15.2. The van der Waals surface area contributed by atoms with Crippen molar-refractivity contribution in [3.05, 3.63) is 76.3 Å². The van der Waals surface area contributed by atoms with E-state index >= 15 is 0 Å². The lowest BCUT2D eigenvalue weighted by Crippen LogP contribution is -2.02. The molecule has 0 bridgehead atoms. The molecule has 4 heteroatoms. The molecule has 3 rings (SSSR count). The maximum Gasteiger partial charge on any atom is 0.303 e. The number of hydrogen-bond acceptors (Lipinski definition) is 2. The second-order valence-electron chi connectivity index (χ2n) is 6.70. The molecule has 27 heavy (non-hydrogen) atoms. The minimum Gasteiger partial charge on any atom is -0.489 e. The SMILES string of the molecule is C=Cc1ccc(C2=C(COc3ccc(CCC(=O)O)c(Cl)c3)CCC2)cc1. The number of halogens is 1. The summed E-state index contributed by atoms with van der Waals surface area (Å²) < 4.78 is 5.97. The monoisotopic (exact) mass is 382 g/mol. The molecule has 0 atom stereocenters. The molecule has 0 saturated heterocycles. The number of carboxylic acids is 1. The first-order valence-corrected chi connectivity index (χ1v) is 9.51. The van der Waals surface area contributed by atoms with E-state index in [-0.39, 0.29) is 6.42 Å². The van der Waals surface area contributed by atoms with E-state index in [2.05, 4.69) is 30.8 Å². The van der Waals surface area contributed by atoms with E-state index in [0.29, 0.717) is 23.8 Å². The fraction of sp³-hybridized carbons (Fsp3) is 0.261. The minimum atomic E-state index is -0.826. The molecule has 1 aliphatic carbocycles. The Kier molecular flexibility index (Phi) is 6.36. The summed E-state index contributed by atoms with van der Waals surface area (Å²) in [6, 6.07) is 13.9. The van der Waals surface area contributed by atoms with Crippen LogP contribution in [-0.2, 0) is 11.2 Å². The summed E-state index contributed by atoms with van der Waals surface area (Å²) in [5.74, 6) is -0.118. The van der Waals surface area contributed by atoms with Crippen molar-refractivity contribution in [2.45, 2.75) is 32.1 Å². The molecule has 0 unspecified atom stereocenters. The smallest absolute Gasteiger partial charge is 0.303 e. The molecule has 140 valence electrons. The summed E-state index contributed by atoms with van der Waals surface area (Å²) in [5, 5.41) is 9.35. The summed E-state index contributed by atoms with van der Waals surface area (Å²) in [4.78, 5) is 10.7. The van der Waals surface area contributed by atoms with E-state index in [0.717, 1.165) is 30.4 Å². The predicted molar refractivity (Wildman–Crippen MR) is 110 cm³/mol. The Hall–Kier alpha value is -2.52. The van der Waals surface area contributed by atoms with Crippen molar-refractivity contribution in [3.63, 3.8) is 0 Å². The number of benzene rings is 2. The molecule has 0 aliphatic heterocycles. The maximum atomic E-state index is 10.7. The summed E-state index contributed by atoms with van der Waals surface area (Å²) in [7, 11) is 0. The average molecular weight is 383 g/mol. The fourth-order valence-corrected chi connectivity index (χ4v) is 3.63. The number of ether oxygens (including phenoxy) is 1. The molecule has 2 aromatic rings. The van der Waals surface area contributed by atoms with Crippen LogP contribution in [0.4, 0.5) is 0 Å². The van der Waals surface area contributed by atoms with Gasteiger partial charge in [-0.05, 0) is 65.7 Å². The van der Waals surface area contributed by atoms with E-state index < -0.39 is 5.97 Å². The van der Waals surface area contributed by atoms with Gasteiger partial charge in [-0.2, -0.15) is 0 Å². The Labute approximate surface area is 164 Å². The largest absolute Gasteiger partial charge is 0.489 e. The topological polar surface area (TPSA) is 46.5 Å². The van der Waals surface area contributed by atoms with Gasteiger partial charge in [0, 0.05) is 11.4 Å². The van der Waals surface area contributed by atoms with Crippen LogP contribution in [0.25, 0.3) is 11.6 Å². The molecule has 0 saturated carbocycles. The van der Waals surface area contributed by atoms with Crippen LogP contribution in [0, 0.1) is 0 Å². The van der Waals surface area contributed by atoms with Gasteiger partial charge in [-0.15, -0.1) is 0 Å². The molecule has 0 fully saturated rings. The van der Waals surface area contributed by atoms with Gasteiger partial charge in [0.1, 0.15) is 12.4 Å². The van der Waals surface area contributed by atoms with Gasteiger partial charge in [0.15, 0.2) is 0 Å². The van der Waals surface area contributed by atoms with Gasteiger partial charge < -0.3 is 9.84 Å². The van der Waals surface area contributed by atoms with Gasteiger partial charge in [-0.3, -0.25) is 4.79 Å². The van der Waals surface area contributed by atoms with E-state index in [9.17, 15) is 4.79 Å². The Balaban J connectivity index is 1.68. The number of hydrogen-bond donors (Lipinski definition) is 1. The van der Waals surface area contributed by atoms with Crippen molar-refractivity contribution in [3.8, 4) is 5.75 Å². The standard InChI is InChI=1S/C23H23ClO3/c1-2-16-6-8-17(9-7-16)21-5-3-4-19(21)15-27-20-12-10-18(22(24)14-20)11-13-23(25)26/h2,6-10,12,14H,1,3-5,11,13,15H2,(H,25,26). The van der Waals surface area contributed by atoms with Crippen molar-refractivity contribution in [1.82, 2.24) is 0 Å². The third-order valence-electron chi connectivity index (χ3n) is 4.87. The molecule has 0 heterocycles. The molecule has 2 aromatic carbocycles. The molecular weight excluding hydrogens is 360 g/mol. The highest BCUT2D eigenvalue weighted by Crippen LogP contribution is 2.34. The molecule has 0 aromatic heterocycles. The molecular formula is C23H23ClO3. The Morgan fingerprint density at radius 1 is 1.19 bits per heavy atom. The lowest BCUT2D eigenvalue weighted by molar-refractivity contribution is -0.136. The normalized spacial score (nSPS) is 13.7. The molecule has 1 aliphatic rings. The second kappa shape index (κ2) is 8.92. The van der Waals surface area contributed by atoms with Gasteiger partial charge in [0.05, 0.1) is 0 Å². The Morgan fingerprint density at radius 3 is 2.63 bits per heavy atom. The van der Waals surface area contributed by atoms with Crippen LogP contribution in [0.2, 0.25) is 5.02 Å². The Bertz CT molecular complexity index is 866. The minimum absolute atomic E-state index is 0.0703. The molecule has 1 N–H and O–H groups in total. The molecule has 0 amide bonds. The van der Waals surface area contributed by atoms with E-state index in [1.807, 2.05) is 18.2 Å². The van der Waals surface area contributed by atoms with Crippen molar-refractivity contribution >= 4 is 29.2 Å². The van der Waals surface area contributed by atoms with Crippen LogP contribution >= 0.6 is 11.6 Å². The van der Waals surface area contributed by atoms with Crippen molar-refractivity contribution < 1.29 is 14.6 Å². The predicted octanol–water partition coefficient (Wildman–Crippen LogP) is 6.02. The van der Waals surface area contributed by atoms with Crippen molar-refractivity contribution in [2.75, 3.05) is 6.61 Å². The highest BCUT2D eigenvalue weighted by Gasteiger charge is 2.17. The quantitative estimate of drug-likeness (QED) is 0.607. The highest BCUT2D eigenvalue weighted by molar-refractivity contribution is 6.31. The molecule has 0 spiro atoms. The number of carbonyl (C=O) groups is 1. The first-order valence-electron chi connectivity index (χ1n) is 9.13. The van der Waals surface area contributed by atoms with Crippen LogP contribution in [0.5, 0.6) is 5.75 Å². The number of rotatable bonds is 8. The molecule has 0 radical (unpaired) electrons. The summed E-state index contributed by atoms with van der Waals surface area (Å²) >= 11 is 6.27. The first-order chi connectivity index (χ1) is 13.1. The summed E-state index contributed by atoms with van der Waals surface area (Å²) in [5.41, 5.74) is 5.89. The highest BCUT2D eigenvalue weighted by atomic mass is 35.5. The van der Waals surface area contributed by atoms with Crippen LogP contribution < -0.4 is 4.74 Å². The molecule has 3 nitrogen and oxygen atoms in total. The van der Waals surface area contributed by atoms with E-state index in [1.165, 1.54) is 16.7 Å². The van der Waals surface area contributed by atoms with Crippen molar-refractivity contribution in [1.29, 1.82) is 0 Å². The number of carboxylic acid groups (broad SMARTS) is 1. The van der Waals surface area contributed by atoms with Gasteiger partial charge in [0.2, 0.25) is 0 Å². The van der Waals surface area contributed by atoms with Crippen LogP contribution in [0.15, 0.2) is 54.6 Å². The maximum absolute atomic E-state index is 10.7. The third kappa shape index (κ3) is 5.01. The average Bonchev–Trinajstić information content (AvgIpc) is 3.14. The number of aryl methyl sites for hydroxylation is 1. The second-order valence-corrected chi connectivity index (χ2v) is 7.10. The zero-order chi connectivity index (χ0) is 19.2. The summed E-state index contributed by atoms with van der Waals surface area (Å²) in [6.07, 6.45) is 5.60. The van der Waals surface area contributed by atoms with Gasteiger partial charge in [-0.25, -0.2) is 0 Å². The Morgan fingerprint density at radius 2 is 1.96 bits per heavy atom. The lowest BCUT2D eigenvalue weighted by atomic mass is 10.0. The van der Waals surface area contributed by atoms with Crippen LogP contribution in [0.3, 0.4) is 0 Å². The van der Waals surface area contributed by atoms with E-state index in [1.54, 1.807) is 6.07 Å². The first kappa shape index (κ1) is 19.2. The van der Waals surface area contributed by atoms with Crippen LogP contribution in [0.1, 0.15) is 42.4 Å². The van der Waals surface area contributed by atoms with E-state index in [4.69, 9.17) is 21.4 Å². The van der Waals surface area contributed by atoms with Gasteiger partial charge in [-0.1, -0.05) is 54.6 Å². The van der Waals surface area contributed by atoms with Crippen molar-refractivity contribution in [2.24, 2.45) is 0 Å². The number of allylic oxidation sites excluding steroid dienone is 1. The third-order valence-corrected chi connectivity index (χ3v) is 5.22. The zero-order valence-corrected chi connectivity index (χ0v) is 16.0. The fourth-order valence-electron chi connectivity index (χ4n) is 3.37. The number of aliphatic carboxylic acids is 1. The lowest BCUT2D eigenvalue weighted by Gasteiger charge is -2.12. The van der Waals surface area contributed by atoms with Gasteiger partial charge >= 0.3 is 5.97 Å². The van der Waals surface area contributed by atoms with Gasteiger partial charge in [0.25, 0.3) is 0 Å². The van der Waals surface area contributed by atoms with Crippen LogP contribution in [-0.4, -0.2) is 17.7 Å².